The summed E-state index contributed by atoms with van der Waals surface area (Å²) < 4.78 is 88.2. The van der Waals surface area contributed by atoms with Crippen molar-refractivity contribution in [3.05, 3.63) is 58.7 Å². The average Bonchev–Trinajstić information content (AvgIpc) is 2.69. The van der Waals surface area contributed by atoms with Crippen LogP contribution < -0.4 is 9.47 Å². The number of alkyl halides is 6. The van der Waals surface area contributed by atoms with E-state index < -0.39 is 35.0 Å². The van der Waals surface area contributed by atoms with Gasteiger partial charge in [0.15, 0.2) is 11.5 Å². The second kappa shape index (κ2) is 8.85. The van der Waals surface area contributed by atoms with Crippen LogP contribution in [0.25, 0.3) is 0 Å². The minimum atomic E-state index is -5.02. The molecule has 0 atom stereocenters. The van der Waals surface area contributed by atoms with Gasteiger partial charge in [-0.3, -0.25) is 4.79 Å². The standard InChI is InChI=1S/C20H19F6NO3/c1-27(7-6-12-4-5-16(29-2)17(8-12)30-3)18(28)13-9-14(19(21,22)23)11-15(10-13)20(24,25)26/h4-5,8-11H,6-7H2,1-3H3. The van der Waals surface area contributed by atoms with Gasteiger partial charge in [0.1, 0.15) is 0 Å². The molecule has 0 aliphatic rings. The number of nitrogens with zero attached hydrogens (tertiary/aromatic N) is 1. The molecule has 0 bridgehead atoms. The minimum Gasteiger partial charge on any atom is -0.493 e. The van der Waals surface area contributed by atoms with Crippen molar-refractivity contribution in [2.45, 2.75) is 18.8 Å². The van der Waals surface area contributed by atoms with E-state index in [0.717, 1.165) is 10.5 Å². The zero-order valence-corrected chi connectivity index (χ0v) is 16.3. The summed E-state index contributed by atoms with van der Waals surface area (Å²) in [6, 6.07) is 5.86. The number of carbonyl (C=O) groups is 1. The molecule has 2 aromatic rings. The maximum atomic E-state index is 13.0. The fourth-order valence-electron chi connectivity index (χ4n) is 2.73. The number of methoxy groups -OCH3 is 2. The Hall–Kier alpha value is -2.91. The van der Waals surface area contributed by atoms with Gasteiger partial charge in [0.2, 0.25) is 0 Å². The van der Waals surface area contributed by atoms with E-state index in [1.807, 2.05) is 0 Å². The quantitative estimate of drug-likeness (QED) is 0.596. The van der Waals surface area contributed by atoms with Crippen molar-refractivity contribution in [2.75, 3.05) is 27.8 Å². The molecule has 164 valence electrons. The Morgan fingerprint density at radius 2 is 1.40 bits per heavy atom. The zero-order valence-electron chi connectivity index (χ0n) is 16.3. The summed E-state index contributed by atoms with van der Waals surface area (Å²) >= 11 is 0. The number of rotatable bonds is 6. The normalized spacial score (nSPS) is 11.9. The number of halogens is 6. The predicted octanol–water partition coefficient (Wildman–Crippen LogP) is 5.06. The number of hydrogen-bond donors (Lipinski definition) is 0. The summed E-state index contributed by atoms with van der Waals surface area (Å²) in [6.07, 6.45) is -9.74. The highest BCUT2D eigenvalue weighted by molar-refractivity contribution is 5.94. The van der Waals surface area contributed by atoms with E-state index in [4.69, 9.17) is 9.47 Å². The Morgan fingerprint density at radius 3 is 1.87 bits per heavy atom. The van der Waals surface area contributed by atoms with E-state index >= 15 is 0 Å². The second-order valence-electron chi connectivity index (χ2n) is 6.46. The number of likely N-dealkylation sites (N-methyl/N-ethyl adjacent to an activating group) is 1. The Morgan fingerprint density at radius 1 is 0.867 bits per heavy atom. The third-order valence-electron chi connectivity index (χ3n) is 4.37. The highest BCUT2D eigenvalue weighted by Gasteiger charge is 2.37. The molecule has 4 nitrogen and oxygen atoms in total. The average molecular weight is 435 g/mol. The van der Waals surface area contributed by atoms with E-state index in [1.165, 1.54) is 21.3 Å². The van der Waals surface area contributed by atoms with Gasteiger partial charge in [-0.1, -0.05) is 6.07 Å². The lowest BCUT2D eigenvalue weighted by atomic mass is 10.0. The van der Waals surface area contributed by atoms with Crippen LogP contribution in [0.5, 0.6) is 11.5 Å². The van der Waals surface area contributed by atoms with Crippen molar-refractivity contribution in [2.24, 2.45) is 0 Å². The highest BCUT2D eigenvalue weighted by atomic mass is 19.4. The predicted molar refractivity (Wildman–Crippen MR) is 96.7 cm³/mol. The first kappa shape index (κ1) is 23.4. The maximum absolute atomic E-state index is 13.0. The molecule has 0 fully saturated rings. The number of benzene rings is 2. The maximum Gasteiger partial charge on any atom is 0.416 e. The van der Waals surface area contributed by atoms with Crippen molar-refractivity contribution in [3.63, 3.8) is 0 Å². The molecule has 0 unspecified atom stereocenters. The molecule has 2 aromatic carbocycles. The van der Waals surface area contributed by atoms with Crippen LogP contribution in [0, 0.1) is 0 Å². The fraction of sp³-hybridized carbons (Fsp3) is 0.350. The first-order valence-electron chi connectivity index (χ1n) is 8.62. The van der Waals surface area contributed by atoms with Crippen LogP contribution in [0.4, 0.5) is 26.3 Å². The van der Waals surface area contributed by atoms with Gasteiger partial charge in [-0.25, -0.2) is 0 Å². The summed E-state index contributed by atoms with van der Waals surface area (Å²) in [5.41, 5.74) is -3.01. The molecule has 0 radical (unpaired) electrons. The van der Waals surface area contributed by atoms with Gasteiger partial charge < -0.3 is 14.4 Å². The SMILES string of the molecule is COc1ccc(CCN(C)C(=O)c2cc(C(F)(F)F)cc(C(F)(F)F)c2)cc1OC. The summed E-state index contributed by atoms with van der Waals surface area (Å²) in [5, 5.41) is 0. The molecule has 2 rings (SSSR count). The lowest BCUT2D eigenvalue weighted by molar-refractivity contribution is -0.143. The number of hydrogen-bond acceptors (Lipinski definition) is 3. The molecule has 0 saturated carbocycles. The fourth-order valence-corrected chi connectivity index (χ4v) is 2.73. The van der Waals surface area contributed by atoms with Crippen LogP contribution in [0.1, 0.15) is 27.0 Å². The van der Waals surface area contributed by atoms with Gasteiger partial charge in [0.05, 0.1) is 25.3 Å². The monoisotopic (exact) mass is 435 g/mol. The van der Waals surface area contributed by atoms with Gasteiger partial charge in [0.25, 0.3) is 5.91 Å². The Kier molecular flexibility index (Phi) is 6.89. The molecule has 0 heterocycles. The Balaban J connectivity index is 2.23. The van der Waals surface area contributed by atoms with Crippen LogP contribution in [-0.4, -0.2) is 38.6 Å². The topological polar surface area (TPSA) is 38.8 Å². The van der Waals surface area contributed by atoms with Crippen molar-refractivity contribution in [1.29, 1.82) is 0 Å². The lowest BCUT2D eigenvalue weighted by Crippen LogP contribution is -2.29. The first-order chi connectivity index (χ1) is 13.9. The van der Waals surface area contributed by atoms with Gasteiger partial charge in [-0.05, 0) is 42.3 Å². The van der Waals surface area contributed by atoms with E-state index in [9.17, 15) is 31.1 Å². The molecular formula is C20H19F6NO3. The summed E-state index contributed by atoms with van der Waals surface area (Å²) in [4.78, 5) is 13.6. The summed E-state index contributed by atoms with van der Waals surface area (Å²) in [6.45, 7) is 0.0614. The van der Waals surface area contributed by atoms with Crippen LogP contribution >= 0.6 is 0 Å². The molecule has 0 spiro atoms. The van der Waals surface area contributed by atoms with Crippen LogP contribution in [0.2, 0.25) is 0 Å². The highest BCUT2D eigenvalue weighted by Crippen LogP contribution is 2.36. The van der Waals surface area contributed by atoms with Gasteiger partial charge in [-0.15, -0.1) is 0 Å². The molecule has 0 aromatic heterocycles. The van der Waals surface area contributed by atoms with Gasteiger partial charge >= 0.3 is 12.4 Å². The first-order valence-corrected chi connectivity index (χ1v) is 8.62. The molecule has 0 aliphatic heterocycles. The lowest BCUT2D eigenvalue weighted by Gasteiger charge is -2.20. The molecule has 0 N–H and O–H groups in total. The van der Waals surface area contributed by atoms with Crippen molar-refractivity contribution >= 4 is 5.91 Å². The van der Waals surface area contributed by atoms with E-state index in [-0.39, 0.29) is 12.6 Å². The summed E-state index contributed by atoms with van der Waals surface area (Å²) in [7, 11) is 4.22. The van der Waals surface area contributed by atoms with Crippen molar-refractivity contribution in [3.8, 4) is 11.5 Å². The van der Waals surface area contributed by atoms with E-state index in [1.54, 1.807) is 18.2 Å². The molecule has 0 saturated heterocycles. The number of ether oxygens (including phenoxy) is 2. The Labute approximate surface area is 169 Å². The van der Waals surface area contributed by atoms with E-state index in [0.29, 0.717) is 30.1 Å². The molecule has 0 aliphatic carbocycles. The van der Waals surface area contributed by atoms with Gasteiger partial charge in [0, 0.05) is 19.2 Å². The van der Waals surface area contributed by atoms with Crippen molar-refractivity contribution in [1.82, 2.24) is 4.90 Å². The van der Waals surface area contributed by atoms with Crippen LogP contribution in [0.15, 0.2) is 36.4 Å². The minimum absolute atomic E-state index is 0.0135. The van der Waals surface area contributed by atoms with Crippen LogP contribution in [-0.2, 0) is 18.8 Å². The smallest absolute Gasteiger partial charge is 0.416 e. The van der Waals surface area contributed by atoms with Crippen molar-refractivity contribution < 1.29 is 40.6 Å². The Bertz CT molecular complexity index is 876. The number of amides is 1. The molecule has 1 amide bonds. The largest absolute Gasteiger partial charge is 0.493 e. The van der Waals surface area contributed by atoms with Gasteiger partial charge in [-0.2, -0.15) is 26.3 Å². The second-order valence-corrected chi connectivity index (χ2v) is 6.46. The third kappa shape index (κ3) is 5.58. The van der Waals surface area contributed by atoms with Crippen LogP contribution in [0.3, 0.4) is 0 Å². The molecular weight excluding hydrogens is 416 g/mol. The molecule has 10 heteroatoms. The zero-order chi connectivity index (χ0) is 22.7. The molecule has 30 heavy (non-hydrogen) atoms. The van der Waals surface area contributed by atoms with E-state index in [2.05, 4.69) is 0 Å². The number of carbonyl (C=O) groups excluding carboxylic acids is 1. The summed E-state index contributed by atoms with van der Waals surface area (Å²) in [5.74, 6) is -0.00178. The third-order valence-corrected chi connectivity index (χ3v) is 4.37.